The van der Waals surface area contributed by atoms with E-state index in [-0.39, 0.29) is 19.9 Å². The average molecular weight is 296 g/mol. The van der Waals surface area contributed by atoms with Crippen LogP contribution in [0.5, 0.6) is 11.5 Å². The number of nitrogens with zero attached hydrogens (tertiary/aromatic N) is 1. The molecule has 8 heteroatoms. The molecule has 0 bridgehead atoms. The van der Waals surface area contributed by atoms with Crippen LogP contribution in [0.3, 0.4) is 0 Å². The molecule has 0 fully saturated rings. The van der Waals surface area contributed by atoms with Crippen molar-refractivity contribution in [3.05, 3.63) is 18.2 Å². The van der Waals surface area contributed by atoms with E-state index in [1.54, 1.807) is 12.1 Å². The third-order valence-electron chi connectivity index (χ3n) is 2.74. The van der Waals surface area contributed by atoms with Crippen LogP contribution in [0.15, 0.2) is 23.2 Å². The van der Waals surface area contributed by atoms with E-state index in [0.717, 1.165) is 5.69 Å². The molecule has 21 heavy (non-hydrogen) atoms. The van der Waals surface area contributed by atoms with Crippen LogP contribution in [0.25, 0.3) is 0 Å². The molecule has 1 heterocycles. The van der Waals surface area contributed by atoms with Crippen LogP contribution in [-0.4, -0.2) is 55.3 Å². The molecule has 0 aromatic heterocycles. The number of rotatable bonds is 6. The molecule has 1 atom stereocenters. The Morgan fingerprint density at radius 1 is 1.38 bits per heavy atom. The van der Waals surface area contributed by atoms with Crippen LogP contribution in [0.1, 0.15) is 0 Å². The fourth-order valence-electron chi connectivity index (χ4n) is 1.70. The molecule has 0 aliphatic carbocycles. The highest BCUT2D eigenvalue weighted by molar-refractivity contribution is 5.94. The molecule has 116 valence electrons. The molecule has 0 saturated heterocycles. The van der Waals surface area contributed by atoms with Crippen LogP contribution in [0, 0.1) is 0 Å². The molecule has 0 radical (unpaired) electrons. The number of fused-ring (bicyclic) bond motifs is 1. The first-order valence-electron chi connectivity index (χ1n) is 6.67. The van der Waals surface area contributed by atoms with Crippen molar-refractivity contribution in [2.75, 3.05) is 38.4 Å². The number of aliphatic hydroxyl groups is 2. The largest absolute Gasteiger partial charge is 0.454 e. The molecule has 1 aromatic carbocycles. The highest BCUT2D eigenvalue weighted by atomic mass is 16.7. The van der Waals surface area contributed by atoms with Gasteiger partial charge in [0, 0.05) is 24.8 Å². The summed E-state index contributed by atoms with van der Waals surface area (Å²) in [5, 5.41) is 24.3. The standard InChI is InChI=1S/C13H20N4O4/c14-3-4-15-13(16-6-10(19)7-18)17-9-1-2-11-12(5-9)21-8-20-11/h1-2,5,10,18-19H,3-4,6-8,14H2,(H2,15,16,17). The van der Waals surface area contributed by atoms with Crippen LogP contribution >= 0.6 is 0 Å². The Morgan fingerprint density at radius 3 is 2.95 bits per heavy atom. The normalized spacial score (nSPS) is 14.9. The third kappa shape index (κ3) is 4.48. The van der Waals surface area contributed by atoms with Gasteiger partial charge in [0.1, 0.15) is 0 Å². The second-order valence-electron chi connectivity index (χ2n) is 4.43. The van der Waals surface area contributed by atoms with E-state index in [2.05, 4.69) is 15.6 Å². The zero-order valence-electron chi connectivity index (χ0n) is 11.6. The van der Waals surface area contributed by atoms with Crippen LogP contribution in [-0.2, 0) is 0 Å². The van der Waals surface area contributed by atoms with E-state index >= 15 is 0 Å². The number of nitrogens with two attached hydrogens (primary N) is 1. The number of ether oxygens (including phenoxy) is 2. The third-order valence-corrected chi connectivity index (χ3v) is 2.74. The number of nitrogens with one attached hydrogen (secondary N) is 2. The summed E-state index contributed by atoms with van der Waals surface area (Å²) in [5.41, 5.74) is 6.22. The van der Waals surface area contributed by atoms with Crippen molar-refractivity contribution in [3.63, 3.8) is 0 Å². The minimum atomic E-state index is -0.891. The molecule has 0 saturated carbocycles. The van der Waals surface area contributed by atoms with E-state index in [9.17, 15) is 5.11 Å². The first-order valence-corrected chi connectivity index (χ1v) is 6.67. The Bertz CT molecular complexity index is 495. The fraction of sp³-hybridized carbons (Fsp3) is 0.462. The monoisotopic (exact) mass is 296 g/mol. The zero-order chi connectivity index (χ0) is 15.1. The van der Waals surface area contributed by atoms with E-state index in [1.165, 1.54) is 0 Å². The van der Waals surface area contributed by atoms with Gasteiger partial charge in [-0.2, -0.15) is 0 Å². The zero-order valence-corrected chi connectivity index (χ0v) is 11.6. The smallest absolute Gasteiger partial charge is 0.231 e. The van der Waals surface area contributed by atoms with Crippen molar-refractivity contribution in [3.8, 4) is 11.5 Å². The maximum Gasteiger partial charge on any atom is 0.231 e. The summed E-state index contributed by atoms with van der Waals surface area (Å²) < 4.78 is 10.5. The van der Waals surface area contributed by atoms with Gasteiger partial charge >= 0.3 is 0 Å². The molecule has 1 unspecified atom stereocenters. The molecule has 0 spiro atoms. The van der Waals surface area contributed by atoms with Gasteiger partial charge in [-0.1, -0.05) is 0 Å². The van der Waals surface area contributed by atoms with Crippen molar-refractivity contribution in [2.24, 2.45) is 10.7 Å². The number of hydrogen-bond acceptors (Lipinski definition) is 6. The Kier molecular flexibility index (Phi) is 5.61. The Morgan fingerprint density at radius 2 is 2.19 bits per heavy atom. The minimum absolute atomic E-state index is 0.0843. The highest BCUT2D eigenvalue weighted by Crippen LogP contribution is 2.34. The van der Waals surface area contributed by atoms with Crippen molar-refractivity contribution >= 4 is 11.6 Å². The summed E-state index contributed by atoms with van der Waals surface area (Å²) in [6.45, 7) is 0.947. The first-order chi connectivity index (χ1) is 10.2. The maximum absolute atomic E-state index is 9.35. The van der Waals surface area contributed by atoms with Gasteiger partial charge in [-0.3, -0.25) is 4.99 Å². The average Bonchev–Trinajstić information content (AvgIpc) is 2.97. The molecule has 1 aliphatic heterocycles. The number of anilines is 1. The lowest BCUT2D eigenvalue weighted by molar-refractivity contribution is 0.102. The van der Waals surface area contributed by atoms with Gasteiger partial charge in [-0.15, -0.1) is 0 Å². The van der Waals surface area contributed by atoms with Crippen molar-refractivity contribution in [1.29, 1.82) is 0 Å². The van der Waals surface area contributed by atoms with Crippen molar-refractivity contribution in [1.82, 2.24) is 5.32 Å². The molecular weight excluding hydrogens is 276 g/mol. The lowest BCUT2D eigenvalue weighted by atomic mass is 10.3. The van der Waals surface area contributed by atoms with Crippen LogP contribution in [0.2, 0.25) is 0 Å². The second kappa shape index (κ2) is 7.67. The summed E-state index contributed by atoms with van der Waals surface area (Å²) in [7, 11) is 0. The molecule has 0 amide bonds. The van der Waals surface area contributed by atoms with Gasteiger partial charge in [-0.25, -0.2) is 0 Å². The predicted octanol–water partition coefficient (Wildman–Crippen LogP) is -0.915. The predicted molar refractivity (Wildman–Crippen MR) is 78.6 cm³/mol. The molecule has 2 rings (SSSR count). The number of hydrogen-bond donors (Lipinski definition) is 5. The number of benzene rings is 1. The summed E-state index contributed by atoms with van der Waals surface area (Å²) in [6, 6.07) is 5.42. The van der Waals surface area contributed by atoms with Crippen molar-refractivity contribution < 1.29 is 19.7 Å². The summed E-state index contributed by atoms with van der Waals surface area (Å²) in [6.07, 6.45) is -0.891. The maximum atomic E-state index is 9.35. The molecule has 8 nitrogen and oxygen atoms in total. The van der Waals surface area contributed by atoms with Gasteiger partial charge in [0.25, 0.3) is 0 Å². The van der Waals surface area contributed by atoms with Gasteiger partial charge in [0.15, 0.2) is 17.5 Å². The molecule has 1 aliphatic rings. The summed E-state index contributed by atoms with van der Waals surface area (Å²) >= 11 is 0. The van der Waals surface area contributed by atoms with Gasteiger partial charge in [-0.05, 0) is 12.1 Å². The van der Waals surface area contributed by atoms with Crippen molar-refractivity contribution in [2.45, 2.75) is 6.10 Å². The van der Waals surface area contributed by atoms with Gasteiger partial charge in [0.2, 0.25) is 6.79 Å². The lowest BCUT2D eigenvalue weighted by Gasteiger charge is -2.13. The summed E-state index contributed by atoms with van der Waals surface area (Å²) in [5.74, 6) is 1.82. The highest BCUT2D eigenvalue weighted by Gasteiger charge is 2.13. The van der Waals surface area contributed by atoms with E-state index in [0.29, 0.717) is 30.5 Å². The molecular formula is C13H20N4O4. The first kappa shape index (κ1) is 15.4. The number of aliphatic imine (C=N–C) groups is 1. The number of aliphatic hydroxyl groups excluding tert-OH is 2. The van der Waals surface area contributed by atoms with E-state index in [4.69, 9.17) is 20.3 Å². The van der Waals surface area contributed by atoms with E-state index < -0.39 is 6.10 Å². The topological polar surface area (TPSA) is 121 Å². The van der Waals surface area contributed by atoms with E-state index in [1.807, 2.05) is 6.07 Å². The second-order valence-corrected chi connectivity index (χ2v) is 4.43. The SMILES string of the molecule is NCCNC(=NCC(O)CO)Nc1ccc2c(c1)OCO2. The van der Waals surface area contributed by atoms with Gasteiger partial charge in [0.05, 0.1) is 19.3 Å². The number of guanidine groups is 1. The fourth-order valence-corrected chi connectivity index (χ4v) is 1.70. The van der Waals surface area contributed by atoms with Gasteiger partial charge < -0.3 is 36.1 Å². The Balaban J connectivity index is 2.03. The Hall–Kier alpha value is -2.03. The summed E-state index contributed by atoms with van der Waals surface area (Å²) in [4.78, 5) is 4.18. The molecule has 1 aromatic rings. The van der Waals surface area contributed by atoms with Crippen LogP contribution < -0.4 is 25.8 Å². The molecule has 6 N–H and O–H groups in total. The minimum Gasteiger partial charge on any atom is -0.454 e. The lowest BCUT2D eigenvalue weighted by Crippen LogP contribution is -2.35. The quantitative estimate of drug-likeness (QED) is 0.340. The van der Waals surface area contributed by atoms with Crippen LogP contribution in [0.4, 0.5) is 5.69 Å². The Labute approximate surface area is 122 Å².